The number of H-pyrrole nitrogens is 1. The topological polar surface area (TPSA) is 27.8 Å². The van der Waals surface area contributed by atoms with Gasteiger partial charge in [0.15, 0.2) is 0 Å². The van der Waals surface area contributed by atoms with Gasteiger partial charge in [-0.15, -0.1) is 0 Å². The van der Waals surface area contributed by atoms with Gasteiger partial charge in [-0.1, -0.05) is 58.4 Å². The average Bonchev–Trinajstić information content (AvgIpc) is 2.98. The van der Waals surface area contributed by atoms with Gasteiger partial charge in [0.2, 0.25) is 0 Å². The van der Waals surface area contributed by atoms with Crippen molar-refractivity contribution in [1.82, 2.24) is 4.98 Å². The van der Waals surface area contributed by atoms with Gasteiger partial charge in [-0.2, -0.15) is 0 Å². The van der Waals surface area contributed by atoms with Crippen molar-refractivity contribution >= 4 is 38.2 Å². The predicted octanol–water partition coefficient (Wildman–Crippen LogP) is 6.34. The summed E-state index contributed by atoms with van der Waals surface area (Å²) in [6.45, 7) is 0. The Morgan fingerprint density at radius 2 is 1.52 bits per heavy atom. The molecule has 2 N–H and O–H groups in total. The van der Waals surface area contributed by atoms with E-state index in [1.165, 1.54) is 16.5 Å². The molecule has 0 aliphatic heterocycles. The highest BCUT2D eigenvalue weighted by atomic mass is 79.9. The van der Waals surface area contributed by atoms with Crippen LogP contribution in [0.4, 0.5) is 11.4 Å². The molecule has 0 aliphatic rings. The highest BCUT2D eigenvalue weighted by molar-refractivity contribution is 9.10. The summed E-state index contributed by atoms with van der Waals surface area (Å²) >= 11 is 3.53. The molecule has 0 bridgehead atoms. The second-order valence-electron chi connectivity index (χ2n) is 5.46. The number of anilines is 2. The number of hydrogen-bond acceptors (Lipinski definition) is 1. The molecule has 0 amide bonds. The number of benzene rings is 3. The number of fused-ring (bicyclic) bond motifs is 1. The van der Waals surface area contributed by atoms with E-state index in [0.29, 0.717) is 0 Å². The molecule has 0 radical (unpaired) electrons. The molecular weight excluding hydrogens is 348 g/mol. The largest absolute Gasteiger partial charge is 0.359 e. The Kier molecular flexibility index (Phi) is 3.64. The summed E-state index contributed by atoms with van der Waals surface area (Å²) in [5, 5.41) is 4.65. The van der Waals surface area contributed by atoms with E-state index in [1.54, 1.807) is 0 Å². The van der Waals surface area contributed by atoms with Gasteiger partial charge in [-0.25, -0.2) is 0 Å². The molecule has 2 nitrogen and oxygen atoms in total. The highest BCUT2D eigenvalue weighted by Gasteiger charge is 2.05. The fourth-order valence-electron chi connectivity index (χ4n) is 2.73. The van der Waals surface area contributed by atoms with Crippen LogP contribution in [0.15, 0.2) is 83.5 Å². The zero-order valence-corrected chi connectivity index (χ0v) is 14.0. The SMILES string of the molecule is Brc1ccc2[nH]cc(Nc3ccc(-c4ccccc4)cc3)c2c1. The summed E-state index contributed by atoms with van der Waals surface area (Å²) in [5.41, 5.74) is 5.73. The van der Waals surface area contributed by atoms with E-state index in [-0.39, 0.29) is 0 Å². The molecule has 4 rings (SSSR count). The van der Waals surface area contributed by atoms with Crippen molar-refractivity contribution in [1.29, 1.82) is 0 Å². The van der Waals surface area contributed by atoms with Gasteiger partial charge in [0, 0.05) is 27.3 Å². The lowest BCUT2D eigenvalue weighted by Gasteiger charge is -2.07. The van der Waals surface area contributed by atoms with Crippen LogP contribution in [0.5, 0.6) is 0 Å². The summed E-state index contributed by atoms with van der Waals surface area (Å²) < 4.78 is 1.08. The van der Waals surface area contributed by atoms with Crippen LogP contribution in [-0.2, 0) is 0 Å². The number of hydrogen-bond donors (Lipinski definition) is 2. The molecule has 3 heteroatoms. The highest BCUT2D eigenvalue weighted by Crippen LogP contribution is 2.29. The third kappa shape index (κ3) is 2.88. The first kappa shape index (κ1) is 14.1. The van der Waals surface area contributed by atoms with Gasteiger partial charge in [-0.3, -0.25) is 0 Å². The normalized spacial score (nSPS) is 10.8. The molecule has 3 aromatic carbocycles. The van der Waals surface area contributed by atoms with Crippen molar-refractivity contribution in [2.45, 2.75) is 0 Å². The second kappa shape index (κ2) is 5.94. The third-order valence-corrected chi connectivity index (χ3v) is 4.41. The number of aromatic nitrogens is 1. The van der Waals surface area contributed by atoms with Gasteiger partial charge in [0.1, 0.15) is 0 Å². The van der Waals surface area contributed by atoms with E-state index < -0.39 is 0 Å². The standard InChI is InChI=1S/C20H15BrN2/c21-16-8-11-19-18(12-16)20(13-22-19)23-17-9-6-15(7-10-17)14-4-2-1-3-5-14/h1-13,22-23H. The summed E-state index contributed by atoms with van der Waals surface area (Å²) in [4.78, 5) is 3.29. The van der Waals surface area contributed by atoms with Crippen LogP contribution < -0.4 is 5.32 Å². The average molecular weight is 363 g/mol. The Labute approximate surface area is 143 Å². The van der Waals surface area contributed by atoms with Crippen LogP contribution in [0.2, 0.25) is 0 Å². The summed E-state index contributed by atoms with van der Waals surface area (Å²) in [7, 11) is 0. The zero-order valence-electron chi connectivity index (χ0n) is 12.4. The molecule has 0 saturated heterocycles. The molecule has 0 fully saturated rings. The first-order valence-electron chi connectivity index (χ1n) is 7.49. The van der Waals surface area contributed by atoms with Crippen molar-refractivity contribution in [2.24, 2.45) is 0 Å². The van der Waals surface area contributed by atoms with Gasteiger partial charge in [-0.05, 0) is 41.5 Å². The molecule has 4 aromatic rings. The lowest BCUT2D eigenvalue weighted by molar-refractivity contribution is 1.46. The first-order valence-corrected chi connectivity index (χ1v) is 8.28. The molecule has 23 heavy (non-hydrogen) atoms. The number of rotatable bonds is 3. The second-order valence-corrected chi connectivity index (χ2v) is 6.38. The predicted molar refractivity (Wildman–Crippen MR) is 101 cm³/mol. The number of halogens is 1. The molecular formula is C20H15BrN2. The van der Waals surface area contributed by atoms with Crippen molar-refractivity contribution < 1.29 is 0 Å². The number of nitrogens with one attached hydrogen (secondary N) is 2. The van der Waals surface area contributed by atoms with Crippen LogP contribution in [-0.4, -0.2) is 4.98 Å². The third-order valence-electron chi connectivity index (χ3n) is 3.91. The molecule has 112 valence electrons. The monoisotopic (exact) mass is 362 g/mol. The first-order chi connectivity index (χ1) is 11.3. The van der Waals surface area contributed by atoms with Crippen LogP contribution in [0.1, 0.15) is 0 Å². The lowest BCUT2D eigenvalue weighted by Crippen LogP contribution is -1.89. The smallest absolute Gasteiger partial charge is 0.0642 e. The minimum Gasteiger partial charge on any atom is -0.359 e. The molecule has 0 atom stereocenters. The van der Waals surface area contributed by atoms with Crippen LogP contribution in [0.3, 0.4) is 0 Å². The van der Waals surface area contributed by atoms with E-state index in [9.17, 15) is 0 Å². The van der Waals surface area contributed by atoms with Crippen LogP contribution in [0, 0.1) is 0 Å². The number of aromatic amines is 1. The minimum atomic E-state index is 1.07. The Balaban J connectivity index is 1.62. The Bertz CT molecular complexity index is 940. The Morgan fingerprint density at radius 1 is 0.783 bits per heavy atom. The molecule has 0 unspecified atom stereocenters. The fraction of sp³-hybridized carbons (Fsp3) is 0. The summed E-state index contributed by atoms with van der Waals surface area (Å²) in [6, 6.07) is 25.1. The van der Waals surface area contributed by atoms with Gasteiger partial charge in [0.05, 0.1) is 5.69 Å². The molecule has 0 spiro atoms. The zero-order chi connectivity index (χ0) is 15.6. The Hall–Kier alpha value is -2.52. The maximum Gasteiger partial charge on any atom is 0.0642 e. The van der Waals surface area contributed by atoms with E-state index in [2.05, 4.69) is 86.9 Å². The van der Waals surface area contributed by atoms with Gasteiger partial charge in [0.25, 0.3) is 0 Å². The maximum absolute atomic E-state index is 3.53. The van der Waals surface area contributed by atoms with Crippen molar-refractivity contribution in [3.63, 3.8) is 0 Å². The van der Waals surface area contributed by atoms with Crippen molar-refractivity contribution in [3.05, 3.63) is 83.5 Å². The van der Waals surface area contributed by atoms with E-state index in [0.717, 1.165) is 21.4 Å². The van der Waals surface area contributed by atoms with Crippen molar-refractivity contribution in [3.8, 4) is 11.1 Å². The van der Waals surface area contributed by atoms with E-state index >= 15 is 0 Å². The maximum atomic E-state index is 3.53. The minimum absolute atomic E-state index is 1.07. The molecule has 0 aliphatic carbocycles. The van der Waals surface area contributed by atoms with Crippen molar-refractivity contribution in [2.75, 3.05) is 5.32 Å². The fourth-order valence-corrected chi connectivity index (χ4v) is 3.09. The summed E-state index contributed by atoms with van der Waals surface area (Å²) in [5.74, 6) is 0. The van der Waals surface area contributed by atoms with E-state index in [4.69, 9.17) is 0 Å². The lowest BCUT2D eigenvalue weighted by atomic mass is 10.1. The van der Waals surface area contributed by atoms with Gasteiger partial charge < -0.3 is 10.3 Å². The van der Waals surface area contributed by atoms with Gasteiger partial charge >= 0.3 is 0 Å². The Morgan fingerprint density at radius 3 is 2.30 bits per heavy atom. The van der Waals surface area contributed by atoms with Crippen LogP contribution >= 0.6 is 15.9 Å². The molecule has 1 heterocycles. The summed E-state index contributed by atoms with van der Waals surface area (Å²) in [6.07, 6.45) is 2.00. The quantitative estimate of drug-likeness (QED) is 0.437. The molecule has 0 saturated carbocycles. The van der Waals surface area contributed by atoms with Crippen LogP contribution in [0.25, 0.3) is 22.0 Å². The van der Waals surface area contributed by atoms with E-state index in [1.807, 2.05) is 18.3 Å². The molecule has 1 aromatic heterocycles.